The Labute approximate surface area is 186 Å². The van der Waals surface area contributed by atoms with Crippen LogP contribution in [0.2, 0.25) is 0 Å². The molecule has 1 aromatic carbocycles. The van der Waals surface area contributed by atoms with Crippen LogP contribution in [0.4, 0.5) is 0 Å². The molecule has 2 aliphatic heterocycles. The van der Waals surface area contributed by atoms with Crippen molar-refractivity contribution in [1.82, 2.24) is 15.2 Å². The fourth-order valence-electron chi connectivity index (χ4n) is 4.30. The molecule has 0 unspecified atom stereocenters. The zero-order chi connectivity index (χ0) is 21.9. The summed E-state index contributed by atoms with van der Waals surface area (Å²) in [5.74, 6) is 1.29. The number of fused-ring (bicyclic) bond motifs is 1. The Morgan fingerprint density at radius 2 is 2.12 bits per heavy atom. The molecule has 32 heavy (non-hydrogen) atoms. The first kappa shape index (κ1) is 20.5. The minimum atomic E-state index is 0.0502. The van der Waals surface area contributed by atoms with Crippen LogP contribution in [0.3, 0.4) is 0 Å². The van der Waals surface area contributed by atoms with E-state index in [0.717, 1.165) is 54.6 Å². The van der Waals surface area contributed by atoms with Gasteiger partial charge in [-0.1, -0.05) is 0 Å². The van der Waals surface area contributed by atoms with Gasteiger partial charge in [0.05, 0.1) is 12.8 Å². The monoisotopic (exact) mass is 430 g/mol. The van der Waals surface area contributed by atoms with E-state index in [0.29, 0.717) is 18.2 Å². The molecule has 7 nitrogen and oxygen atoms in total. The quantitative estimate of drug-likeness (QED) is 0.634. The molecule has 4 heterocycles. The number of nitrogens with zero attached hydrogens (tertiary/aromatic N) is 3. The highest BCUT2D eigenvalue weighted by molar-refractivity contribution is 5.89. The maximum atomic E-state index is 11.3. The molecule has 0 saturated carbocycles. The van der Waals surface area contributed by atoms with E-state index in [1.165, 1.54) is 5.56 Å². The normalized spacial score (nSPS) is 17.0. The van der Waals surface area contributed by atoms with Gasteiger partial charge >= 0.3 is 0 Å². The molecule has 7 heteroatoms. The largest absolute Gasteiger partial charge is 0.464 e. The number of pyridine rings is 1. The summed E-state index contributed by atoms with van der Waals surface area (Å²) in [4.78, 5) is 22.3. The van der Waals surface area contributed by atoms with Gasteiger partial charge in [0.25, 0.3) is 0 Å². The van der Waals surface area contributed by atoms with E-state index in [1.54, 1.807) is 6.92 Å². The van der Waals surface area contributed by atoms with Gasteiger partial charge in [0.1, 0.15) is 11.3 Å². The van der Waals surface area contributed by atoms with E-state index in [2.05, 4.69) is 20.2 Å². The number of aliphatic imine (C=N–C) groups is 1. The lowest BCUT2D eigenvalue weighted by Crippen LogP contribution is -2.43. The first-order chi connectivity index (χ1) is 15.6. The minimum Gasteiger partial charge on any atom is -0.464 e. The van der Waals surface area contributed by atoms with E-state index in [4.69, 9.17) is 9.15 Å². The van der Waals surface area contributed by atoms with Gasteiger partial charge in [-0.2, -0.15) is 0 Å². The number of furan rings is 1. The summed E-state index contributed by atoms with van der Waals surface area (Å²) >= 11 is 0. The van der Waals surface area contributed by atoms with Crippen molar-refractivity contribution in [2.24, 2.45) is 4.99 Å². The fraction of sp³-hybridized carbons (Fsp3) is 0.320. The second-order valence-corrected chi connectivity index (χ2v) is 8.34. The van der Waals surface area contributed by atoms with Gasteiger partial charge in [-0.05, 0) is 48.3 Å². The van der Waals surface area contributed by atoms with Crippen molar-refractivity contribution < 1.29 is 13.9 Å². The van der Waals surface area contributed by atoms with Crippen LogP contribution < -0.4 is 10.1 Å². The number of hydrogen-bond donors (Lipinski definition) is 1. The number of rotatable bonds is 6. The summed E-state index contributed by atoms with van der Waals surface area (Å²) in [5, 5.41) is 4.12. The number of likely N-dealkylation sites (tertiary alicyclic amines) is 1. The van der Waals surface area contributed by atoms with Crippen molar-refractivity contribution in [3.8, 4) is 11.6 Å². The summed E-state index contributed by atoms with van der Waals surface area (Å²) in [5.41, 5.74) is 4.18. The highest BCUT2D eigenvalue weighted by Gasteiger charge is 2.21. The SMILES string of the molecule is CC(=O)NC1CCN(Cc2coc3cc(Oc4ccc(C5=CC=NC5)cn4)ccc23)CC1. The van der Waals surface area contributed by atoms with Crippen LogP contribution in [0.5, 0.6) is 11.6 Å². The number of hydrogen-bond acceptors (Lipinski definition) is 6. The Bertz CT molecular complexity index is 1170. The smallest absolute Gasteiger partial charge is 0.219 e. The molecular weight excluding hydrogens is 404 g/mol. The van der Waals surface area contributed by atoms with Gasteiger partial charge in [-0.25, -0.2) is 4.98 Å². The molecule has 2 aliphatic rings. The van der Waals surface area contributed by atoms with Crippen LogP contribution in [0.1, 0.15) is 30.9 Å². The number of amides is 1. The Morgan fingerprint density at radius 1 is 1.25 bits per heavy atom. The molecule has 1 amide bonds. The zero-order valence-corrected chi connectivity index (χ0v) is 18.1. The average molecular weight is 431 g/mol. The van der Waals surface area contributed by atoms with E-state index >= 15 is 0 Å². The highest BCUT2D eigenvalue weighted by Crippen LogP contribution is 2.29. The van der Waals surface area contributed by atoms with E-state index < -0.39 is 0 Å². The summed E-state index contributed by atoms with van der Waals surface area (Å²) < 4.78 is 11.8. The molecule has 1 saturated heterocycles. The maximum Gasteiger partial charge on any atom is 0.219 e. The van der Waals surface area contributed by atoms with Gasteiger partial charge < -0.3 is 14.5 Å². The number of carbonyl (C=O) groups is 1. The Kier molecular flexibility index (Phi) is 5.73. The second kappa shape index (κ2) is 8.96. The summed E-state index contributed by atoms with van der Waals surface area (Å²) in [7, 11) is 0. The third-order valence-corrected chi connectivity index (χ3v) is 5.99. The average Bonchev–Trinajstić information content (AvgIpc) is 3.46. The number of nitrogens with one attached hydrogen (secondary N) is 1. The first-order valence-corrected chi connectivity index (χ1v) is 11.0. The van der Waals surface area contributed by atoms with Crippen LogP contribution in [-0.2, 0) is 11.3 Å². The fourth-order valence-corrected chi connectivity index (χ4v) is 4.30. The molecular formula is C25H26N4O3. The Hall–Kier alpha value is -3.45. The van der Waals surface area contributed by atoms with Gasteiger partial charge in [0.2, 0.25) is 11.8 Å². The zero-order valence-electron chi connectivity index (χ0n) is 18.1. The standard InChI is InChI=1S/C25H26N4O3/c1-17(30)28-21-7-10-29(11-8-21)15-20-16-31-24-12-22(3-4-23(20)24)32-25-5-2-18(14-27-25)19-6-9-26-13-19/h2-6,9,12,14,16,21H,7-8,10-11,13,15H2,1H3,(H,28,30). The van der Waals surface area contributed by atoms with Crippen molar-refractivity contribution in [3.63, 3.8) is 0 Å². The molecule has 1 fully saturated rings. The van der Waals surface area contributed by atoms with Crippen molar-refractivity contribution in [3.05, 3.63) is 60.0 Å². The lowest BCUT2D eigenvalue weighted by Gasteiger charge is -2.31. The van der Waals surface area contributed by atoms with Crippen molar-refractivity contribution in [1.29, 1.82) is 0 Å². The van der Waals surface area contributed by atoms with E-state index in [9.17, 15) is 4.79 Å². The third kappa shape index (κ3) is 4.57. The number of benzene rings is 1. The van der Waals surface area contributed by atoms with Crippen LogP contribution in [-0.4, -0.2) is 47.7 Å². The van der Waals surface area contributed by atoms with Crippen LogP contribution in [0.25, 0.3) is 16.5 Å². The van der Waals surface area contributed by atoms with Crippen LogP contribution in [0.15, 0.2) is 58.3 Å². The molecule has 0 aliphatic carbocycles. The molecule has 3 aromatic rings. The summed E-state index contributed by atoms with van der Waals surface area (Å²) in [6.07, 6.45) is 9.42. The summed E-state index contributed by atoms with van der Waals surface area (Å²) in [6.45, 7) is 5.04. The predicted octanol–water partition coefficient (Wildman–Crippen LogP) is 4.19. The highest BCUT2D eigenvalue weighted by atomic mass is 16.5. The van der Waals surface area contributed by atoms with Gasteiger partial charge in [0.15, 0.2) is 0 Å². The van der Waals surface area contributed by atoms with Gasteiger partial charge in [0, 0.05) is 68.1 Å². The van der Waals surface area contributed by atoms with Crippen LogP contribution in [0, 0.1) is 0 Å². The number of ether oxygens (including phenoxy) is 1. The number of allylic oxidation sites excluding steroid dienone is 1. The Morgan fingerprint density at radius 3 is 2.84 bits per heavy atom. The van der Waals surface area contributed by atoms with Crippen molar-refractivity contribution in [2.75, 3.05) is 19.6 Å². The number of aromatic nitrogens is 1. The Balaban J connectivity index is 1.22. The predicted molar refractivity (Wildman–Crippen MR) is 124 cm³/mol. The van der Waals surface area contributed by atoms with Gasteiger partial charge in [-0.3, -0.25) is 14.7 Å². The lowest BCUT2D eigenvalue weighted by atomic mass is 10.0. The van der Waals surface area contributed by atoms with Crippen molar-refractivity contribution >= 4 is 28.7 Å². The molecule has 5 rings (SSSR count). The van der Waals surface area contributed by atoms with Gasteiger partial charge in [-0.15, -0.1) is 0 Å². The topological polar surface area (TPSA) is 80.0 Å². The maximum absolute atomic E-state index is 11.3. The first-order valence-electron chi connectivity index (χ1n) is 11.0. The third-order valence-electron chi connectivity index (χ3n) is 5.99. The van der Waals surface area contributed by atoms with E-state index in [1.807, 2.05) is 55.1 Å². The summed E-state index contributed by atoms with van der Waals surface area (Å²) in [6, 6.07) is 10.1. The number of piperidine rings is 1. The lowest BCUT2D eigenvalue weighted by molar-refractivity contribution is -0.119. The second-order valence-electron chi connectivity index (χ2n) is 8.34. The molecule has 0 bridgehead atoms. The minimum absolute atomic E-state index is 0.0502. The van der Waals surface area contributed by atoms with Crippen LogP contribution >= 0.6 is 0 Å². The molecule has 0 atom stereocenters. The molecule has 0 radical (unpaired) electrons. The molecule has 2 aromatic heterocycles. The number of carbonyl (C=O) groups excluding carboxylic acids is 1. The molecule has 0 spiro atoms. The molecule has 1 N–H and O–H groups in total. The van der Waals surface area contributed by atoms with Crippen molar-refractivity contribution in [2.45, 2.75) is 32.4 Å². The molecule has 164 valence electrons. The van der Waals surface area contributed by atoms with E-state index in [-0.39, 0.29) is 11.9 Å².